The molecule has 2 rings (SSSR count). The molecule has 0 fully saturated rings. The summed E-state index contributed by atoms with van der Waals surface area (Å²) in [5, 5.41) is 0.676. The van der Waals surface area contributed by atoms with E-state index in [1.165, 1.54) is 0 Å². The van der Waals surface area contributed by atoms with Crippen LogP contribution < -0.4 is 0 Å². The number of carbonyl (C=O) groups is 1. The van der Waals surface area contributed by atoms with Crippen LogP contribution in [0.2, 0.25) is 5.02 Å². The fourth-order valence-electron chi connectivity index (χ4n) is 2.26. The molecule has 0 spiro atoms. The third-order valence-corrected chi connectivity index (χ3v) is 4.35. The van der Waals surface area contributed by atoms with Crippen molar-refractivity contribution in [3.8, 4) is 0 Å². The summed E-state index contributed by atoms with van der Waals surface area (Å²) in [6.07, 6.45) is 0. The number of halogens is 2. The van der Waals surface area contributed by atoms with E-state index in [0.29, 0.717) is 10.6 Å². The van der Waals surface area contributed by atoms with Crippen molar-refractivity contribution in [2.75, 3.05) is 7.05 Å². The smallest absolute Gasteiger partial charge is 0.254 e. The van der Waals surface area contributed by atoms with E-state index in [9.17, 15) is 4.79 Å². The number of benzene rings is 2. The summed E-state index contributed by atoms with van der Waals surface area (Å²) in [6.45, 7) is 3.95. The Morgan fingerprint density at radius 2 is 1.90 bits per heavy atom. The summed E-state index contributed by atoms with van der Waals surface area (Å²) in [6, 6.07) is 13.2. The van der Waals surface area contributed by atoms with Crippen LogP contribution in [0, 0.1) is 6.92 Å². The highest BCUT2D eigenvalue weighted by Crippen LogP contribution is 2.27. The van der Waals surface area contributed by atoms with E-state index in [2.05, 4.69) is 15.9 Å². The van der Waals surface area contributed by atoms with Crippen LogP contribution in [0.1, 0.15) is 34.5 Å². The molecule has 21 heavy (non-hydrogen) atoms. The molecular formula is C17H17BrClNO. The van der Waals surface area contributed by atoms with Gasteiger partial charge in [-0.25, -0.2) is 0 Å². The lowest BCUT2D eigenvalue weighted by molar-refractivity contribution is 0.0742. The molecule has 4 heteroatoms. The Hall–Kier alpha value is -1.32. The molecular weight excluding hydrogens is 350 g/mol. The van der Waals surface area contributed by atoms with E-state index in [0.717, 1.165) is 15.6 Å². The van der Waals surface area contributed by atoms with Crippen LogP contribution in [-0.2, 0) is 0 Å². The van der Waals surface area contributed by atoms with Crippen LogP contribution >= 0.6 is 27.5 Å². The first-order valence-corrected chi connectivity index (χ1v) is 7.86. The van der Waals surface area contributed by atoms with Crippen LogP contribution in [-0.4, -0.2) is 17.9 Å². The quantitative estimate of drug-likeness (QED) is 0.727. The number of aryl methyl sites for hydroxylation is 1. The molecule has 2 aromatic rings. The van der Waals surface area contributed by atoms with E-state index in [1.54, 1.807) is 11.9 Å². The Morgan fingerprint density at radius 1 is 1.24 bits per heavy atom. The third kappa shape index (κ3) is 3.66. The van der Waals surface area contributed by atoms with E-state index in [-0.39, 0.29) is 11.9 Å². The van der Waals surface area contributed by atoms with Gasteiger partial charge >= 0.3 is 0 Å². The van der Waals surface area contributed by atoms with E-state index < -0.39 is 0 Å². The van der Waals surface area contributed by atoms with E-state index in [1.807, 2.05) is 56.3 Å². The van der Waals surface area contributed by atoms with Crippen molar-refractivity contribution in [1.82, 2.24) is 4.90 Å². The molecule has 110 valence electrons. The summed E-state index contributed by atoms with van der Waals surface area (Å²) < 4.78 is 0.907. The van der Waals surface area contributed by atoms with Gasteiger partial charge in [0.25, 0.3) is 5.91 Å². The zero-order valence-corrected chi connectivity index (χ0v) is 14.6. The number of nitrogens with zero attached hydrogens (tertiary/aromatic N) is 1. The van der Waals surface area contributed by atoms with Crippen molar-refractivity contribution < 1.29 is 4.79 Å². The van der Waals surface area contributed by atoms with Crippen molar-refractivity contribution >= 4 is 33.4 Å². The Balaban J connectivity index is 2.28. The lowest BCUT2D eigenvalue weighted by Crippen LogP contribution is -2.29. The molecule has 2 nitrogen and oxygen atoms in total. The van der Waals surface area contributed by atoms with Crippen molar-refractivity contribution in [2.24, 2.45) is 0 Å². The molecule has 0 aliphatic carbocycles. The second-order valence-electron chi connectivity index (χ2n) is 5.13. The summed E-state index contributed by atoms with van der Waals surface area (Å²) >= 11 is 9.65. The number of amides is 1. The first kappa shape index (κ1) is 16.1. The maximum Gasteiger partial charge on any atom is 0.254 e. The lowest BCUT2D eigenvalue weighted by Gasteiger charge is -2.26. The Morgan fingerprint density at radius 3 is 2.52 bits per heavy atom. The largest absolute Gasteiger partial charge is 0.335 e. The average molecular weight is 367 g/mol. The highest BCUT2D eigenvalue weighted by atomic mass is 79.9. The Bertz CT molecular complexity index is 651. The molecule has 1 unspecified atom stereocenters. The fourth-order valence-corrected chi connectivity index (χ4v) is 3.16. The van der Waals surface area contributed by atoms with Crippen molar-refractivity contribution in [3.05, 3.63) is 68.7 Å². The average Bonchev–Trinajstić information content (AvgIpc) is 2.44. The summed E-state index contributed by atoms with van der Waals surface area (Å²) in [5.41, 5.74) is 2.66. The van der Waals surface area contributed by atoms with Crippen LogP contribution in [0.3, 0.4) is 0 Å². The minimum Gasteiger partial charge on any atom is -0.335 e. The molecule has 2 aromatic carbocycles. The molecule has 0 saturated carbocycles. The van der Waals surface area contributed by atoms with Crippen molar-refractivity contribution in [1.29, 1.82) is 0 Å². The van der Waals surface area contributed by atoms with Gasteiger partial charge in [0, 0.05) is 22.1 Å². The van der Waals surface area contributed by atoms with Gasteiger partial charge in [-0.15, -0.1) is 0 Å². The van der Waals surface area contributed by atoms with E-state index >= 15 is 0 Å². The molecule has 1 atom stereocenters. The zero-order valence-electron chi connectivity index (χ0n) is 12.2. The second kappa shape index (κ2) is 6.63. The van der Waals surface area contributed by atoms with Crippen LogP contribution in [0.25, 0.3) is 0 Å². The predicted octanol–water partition coefficient (Wildman–Crippen LogP) is 5.24. The van der Waals surface area contributed by atoms with Gasteiger partial charge in [-0.1, -0.05) is 45.7 Å². The minimum atomic E-state index is -0.0921. The lowest BCUT2D eigenvalue weighted by atomic mass is 10.1. The normalized spacial score (nSPS) is 12.0. The Kier molecular flexibility index (Phi) is 5.07. The number of hydrogen-bond donors (Lipinski definition) is 0. The molecule has 0 saturated heterocycles. The first-order chi connectivity index (χ1) is 9.90. The fraction of sp³-hybridized carbons (Fsp3) is 0.235. The third-order valence-electron chi connectivity index (χ3n) is 3.55. The second-order valence-corrected chi connectivity index (χ2v) is 6.45. The molecule has 0 heterocycles. The summed E-state index contributed by atoms with van der Waals surface area (Å²) in [4.78, 5) is 14.3. The standard InChI is InChI=1S/C17H17BrClNO/c1-11-8-13(10-14(18)9-11)17(21)20(3)12(2)15-6-4-5-7-16(15)19/h4-10,12H,1-3H3. The number of hydrogen-bond acceptors (Lipinski definition) is 1. The maximum atomic E-state index is 12.6. The van der Waals surface area contributed by atoms with Crippen LogP contribution in [0.15, 0.2) is 46.9 Å². The number of carbonyl (C=O) groups excluding carboxylic acids is 1. The summed E-state index contributed by atoms with van der Waals surface area (Å²) in [5.74, 6) is -0.0215. The van der Waals surface area contributed by atoms with E-state index in [4.69, 9.17) is 11.6 Å². The molecule has 1 amide bonds. The highest BCUT2D eigenvalue weighted by molar-refractivity contribution is 9.10. The van der Waals surface area contributed by atoms with Crippen molar-refractivity contribution in [3.63, 3.8) is 0 Å². The van der Waals surface area contributed by atoms with Gasteiger partial charge in [0.15, 0.2) is 0 Å². The van der Waals surface area contributed by atoms with Gasteiger partial charge in [-0.3, -0.25) is 4.79 Å². The molecule has 0 aliphatic rings. The molecule has 0 N–H and O–H groups in total. The van der Waals surface area contributed by atoms with Gasteiger partial charge in [-0.05, 0) is 49.2 Å². The van der Waals surface area contributed by atoms with Crippen LogP contribution in [0.5, 0.6) is 0 Å². The monoisotopic (exact) mass is 365 g/mol. The molecule has 0 radical (unpaired) electrons. The van der Waals surface area contributed by atoms with Crippen molar-refractivity contribution in [2.45, 2.75) is 19.9 Å². The topological polar surface area (TPSA) is 20.3 Å². The zero-order chi connectivity index (χ0) is 15.6. The van der Waals surface area contributed by atoms with Gasteiger partial charge < -0.3 is 4.90 Å². The highest BCUT2D eigenvalue weighted by Gasteiger charge is 2.20. The summed E-state index contributed by atoms with van der Waals surface area (Å²) in [7, 11) is 1.80. The SMILES string of the molecule is Cc1cc(Br)cc(C(=O)N(C)C(C)c2ccccc2Cl)c1. The molecule has 0 bridgehead atoms. The van der Waals surface area contributed by atoms with Gasteiger partial charge in [-0.2, -0.15) is 0 Å². The van der Waals surface area contributed by atoms with Crippen LogP contribution in [0.4, 0.5) is 0 Å². The Labute approximate surface area is 138 Å². The van der Waals surface area contributed by atoms with Gasteiger partial charge in [0.2, 0.25) is 0 Å². The minimum absolute atomic E-state index is 0.0215. The van der Waals surface area contributed by atoms with Gasteiger partial charge in [0.05, 0.1) is 6.04 Å². The maximum absolute atomic E-state index is 12.6. The first-order valence-electron chi connectivity index (χ1n) is 6.69. The molecule has 0 aliphatic heterocycles. The predicted molar refractivity (Wildman–Crippen MR) is 90.8 cm³/mol. The molecule has 0 aromatic heterocycles. The number of rotatable bonds is 3. The van der Waals surface area contributed by atoms with Gasteiger partial charge in [0.1, 0.15) is 0 Å².